The predicted molar refractivity (Wildman–Crippen MR) is 70.6 cm³/mol. The molecule has 19 heavy (non-hydrogen) atoms. The fourth-order valence-corrected chi connectivity index (χ4v) is 5.17. The Bertz CT molecular complexity index is 548. The van der Waals surface area contributed by atoms with Gasteiger partial charge in [0.2, 0.25) is 16.1 Å². The third-order valence-electron chi connectivity index (χ3n) is 2.94. The van der Waals surface area contributed by atoms with Gasteiger partial charge in [0.1, 0.15) is 16.0 Å². The lowest BCUT2D eigenvalue weighted by Crippen LogP contribution is -2.41. The van der Waals surface area contributed by atoms with Crippen LogP contribution < -0.4 is 0 Å². The highest BCUT2D eigenvalue weighted by Crippen LogP contribution is 2.21. The van der Waals surface area contributed by atoms with Crippen LogP contribution in [-0.2, 0) is 24.7 Å². The standard InChI is InChI=1S/C10H18N2O5S2/c1-18(14,15)7-8-19(16,17)12-6-4-2-3-5-10(12)11-9-13/h10H,2-8H2,1H3. The molecule has 0 spiro atoms. The third kappa shape index (κ3) is 5.40. The summed E-state index contributed by atoms with van der Waals surface area (Å²) in [6.45, 7) is 0.266. The summed E-state index contributed by atoms with van der Waals surface area (Å²) in [6, 6.07) is 0. The van der Waals surface area contributed by atoms with Gasteiger partial charge in [0, 0.05) is 12.8 Å². The van der Waals surface area contributed by atoms with E-state index in [0.717, 1.165) is 23.4 Å². The lowest BCUT2D eigenvalue weighted by molar-refractivity contribution is 0.331. The number of nitrogens with zero attached hydrogens (tertiary/aromatic N) is 2. The second kappa shape index (κ2) is 6.60. The Morgan fingerprint density at radius 2 is 1.84 bits per heavy atom. The first kappa shape index (κ1) is 16.3. The summed E-state index contributed by atoms with van der Waals surface area (Å²) in [6.07, 6.45) is 4.44. The van der Waals surface area contributed by atoms with E-state index in [1.54, 1.807) is 0 Å². The summed E-state index contributed by atoms with van der Waals surface area (Å²) in [5.41, 5.74) is 0. The van der Waals surface area contributed by atoms with Crippen LogP contribution in [0.15, 0.2) is 4.99 Å². The molecule has 0 saturated carbocycles. The number of sulfonamides is 1. The van der Waals surface area contributed by atoms with Crippen molar-refractivity contribution in [2.24, 2.45) is 4.99 Å². The maximum atomic E-state index is 12.1. The fraction of sp³-hybridized carbons (Fsp3) is 0.900. The van der Waals surface area contributed by atoms with Crippen LogP contribution in [0.2, 0.25) is 0 Å². The van der Waals surface area contributed by atoms with E-state index in [-0.39, 0.29) is 6.54 Å². The average molecular weight is 310 g/mol. The van der Waals surface area contributed by atoms with Crippen LogP contribution in [0.3, 0.4) is 0 Å². The lowest BCUT2D eigenvalue weighted by atomic mass is 10.2. The minimum Gasteiger partial charge on any atom is -0.229 e. The number of hydrogen-bond acceptors (Lipinski definition) is 6. The maximum Gasteiger partial charge on any atom is 0.236 e. The number of aliphatic imine (C=N–C) groups is 1. The van der Waals surface area contributed by atoms with Gasteiger partial charge >= 0.3 is 0 Å². The molecule has 0 aromatic heterocycles. The first-order chi connectivity index (χ1) is 8.76. The van der Waals surface area contributed by atoms with E-state index < -0.39 is 37.5 Å². The Hall–Kier alpha value is -0.760. The molecule has 1 saturated heterocycles. The third-order valence-corrected chi connectivity index (χ3v) is 6.01. The van der Waals surface area contributed by atoms with Crippen LogP contribution in [-0.4, -0.2) is 57.7 Å². The Morgan fingerprint density at radius 3 is 2.42 bits per heavy atom. The predicted octanol–water partition coefficient (Wildman–Crippen LogP) is -0.101. The van der Waals surface area contributed by atoms with Gasteiger partial charge in [-0.2, -0.15) is 9.30 Å². The van der Waals surface area contributed by atoms with Crippen molar-refractivity contribution in [2.45, 2.75) is 31.8 Å². The van der Waals surface area contributed by atoms with Gasteiger partial charge in [-0.3, -0.25) is 0 Å². The molecular weight excluding hydrogens is 292 g/mol. The first-order valence-corrected chi connectivity index (χ1v) is 9.67. The molecule has 1 unspecified atom stereocenters. The molecule has 1 fully saturated rings. The molecular formula is C10H18N2O5S2. The molecule has 0 amide bonds. The minimum atomic E-state index is -3.73. The summed E-state index contributed by atoms with van der Waals surface area (Å²) in [7, 11) is -7.08. The number of sulfone groups is 1. The van der Waals surface area contributed by atoms with Crippen LogP contribution in [0.25, 0.3) is 0 Å². The van der Waals surface area contributed by atoms with Crippen molar-refractivity contribution < 1.29 is 21.6 Å². The van der Waals surface area contributed by atoms with E-state index in [0.29, 0.717) is 12.8 Å². The van der Waals surface area contributed by atoms with Crippen LogP contribution >= 0.6 is 0 Å². The van der Waals surface area contributed by atoms with Gasteiger partial charge in [0.25, 0.3) is 0 Å². The van der Waals surface area contributed by atoms with Crippen molar-refractivity contribution in [3.63, 3.8) is 0 Å². The van der Waals surface area contributed by atoms with Crippen LogP contribution in [0, 0.1) is 0 Å². The summed E-state index contributed by atoms with van der Waals surface area (Å²) in [5.74, 6) is -0.903. The molecule has 1 heterocycles. The first-order valence-electron chi connectivity index (χ1n) is 6.00. The summed E-state index contributed by atoms with van der Waals surface area (Å²) in [4.78, 5) is 13.9. The Kier molecular flexibility index (Phi) is 5.66. The summed E-state index contributed by atoms with van der Waals surface area (Å²) in [5, 5.41) is 0. The molecule has 1 atom stereocenters. The molecule has 0 aliphatic carbocycles. The molecule has 1 aliphatic rings. The van der Waals surface area contributed by atoms with Crippen LogP contribution in [0.4, 0.5) is 0 Å². The number of carbonyl (C=O) groups excluding carboxylic acids is 1. The van der Waals surface area contributed by atoms with Crippen molar-refractivity contribution in [1.82, 2.24) is 4.31 Å². The number of rotatable bonds is 5. The number of isocyanates is 1. The highest BCUT2D eigenvalue weighted by molar-refractivity contribution is 7.93. The summed E-state index contributed by atoms with van der Waals surface area (Å²) >= 11 is 0. The molecule has 0 aromatic carbocycles. The van der Waals surface area contributed by atoms with Gasteiger partial charge in [-0.15, -0.1) is 0 Å². The molecule has 110 valence electrons. The van der Waals surface area contributed by atoms with Crippen LogP contribution in [0.1, 0.15) is 25.7 Å². The van der Waals surface area contributed by atoms with Gasteiger partial charge in [0.15, 0.2) is 0 Å². The fourth-order valence-electron chi connectivity index (χ4n) is 1.95. The van der Waals surface area contributed by atoms with E-state index in [4.69, 9.17) is 0 Å². The summed E-state index contributed by atoms with van der Waals surface area (Å²) < 4.78 is 47.6. The molecule has 0 bridgehead atoms. The molecule has 9 heteroatoms. The normalized spacial score (nSPS) is 22.5. The monoisotopic (exact) mass is 310 g/mol. The number of hydrogen-bond donors (Lipinski definition) is 0. The Labute approximate surface area is 113 Å². The average Bonchev–Trinajstić information content (AvgIpc) is 2.52. The van der Waals surface area contributed by atoms with Gasteiger partial charge in [-0.25, -0.2) is 21.6 Å². The molecule has 0 aromatic rings. The largest absolute Gasteiger partial charge is 0.236 e. The quantitative estimate of drug-likeness (QED) is 0.521. The van der Waals surface area contributed by atoms with E-state index in [9.17, 15) is 21.6 Å². The second-order valence-corrected chi connectivity index (χ2v) is 8.91. The van der Waals surface area contributed by atoms with Crippen molar-refractivity contribution in [3.05, 3.63) is 0 Å². The van der Waals surface area contributed by atoms with Crippen molar-refractivity contribution >= 4 is 25.9 Å². The maximum absolute atomic E-state index is 12.1. The van der Waals surface area contributed by atoms with Crippen LogP contribution in [0.5, 0.6) is 0 Å². The van der Waals surface area contributed by atoms with Crippen molar-refractivity contribution in [1.29, 1.82) is 0 Å². The van der Waals surface area contributed by atoms with Crippen molar-refractivity contribution in [3.8, 4) is 0 Å². The van der Waals surface area contributed by atoms with Gasteiger partial charge in [-0.1, -0.05) is 6.42 Å². The molecule has 1 aliphatic heterocycles. The molecule has 0 N–H and O–H groups in total. The smallest absolute Gasteiger partial charge is 0.229 e. The van der Waals surface area contributed by atoms with Gasteiger partial charge < -0.3 is 0 Å². The highest BCUT2D eigenvalue weighted by Gasteiger charge is 2.31. The Morgan fingerprint density at radius 1 is 1.16 bits per heavy atom. The van der Waals surface area contributed by atoms with Gasteiger partial charge in [0.05, 0.1) is 11.5 Å². The molecule has 1 rings (SSSR count). The lowest BCUT2D eigenvalue weighted by Gasteiger charge is -2.24. The SMILES string of the molecule is CS(=O)(=O)CCS(=O)(=O)N1CCCCCC1N=C=O. The van der Waals surface area contributed by atoms with E-state index >= 15 is 0 Å². The topological polar surface area (TPSA) is 101 Å². The zero-order valence-electron chi connectivity index (χ0n) is 10.8. The minimum absolute atomic E-state index is 0.266. The zero-order valence-corrected chi connectivity index (χ0v) is 12.4. The van der Waals surface area contributed by atoms with E-state index in [2.05, 4.69) is 4.99 Å². The molecule has 7 nitrogen and oxygen atoms in total. The molecule has 0 radical (unpaired) electrons. The highest BCUT2D eigenvalue weighted by atomic mass is 32.2. The zero-order chi connectivity index (χ0) is 14.5. The van der Waals surface area contributed by atoms with Crippen molar-refractivity contribution in [2.75, 3.05) is 24.3 Å². The Balaban J connectivity index is 2.91. The van der Waals surface area contributed by atoms with Gasteiger partial charge in [-0.05, 0) is 19.3 Å². The van der Waals surface area contributed by atoms with E-state index in [1.165, 1.54) is 6.08 Å². The second-order valence-electron chi connectivity index (χ2n) is 4.61. The van der Waals surface area contributed by atoms with E-state index in [1.807, 2.05) is 0 Å².